The molecule has 0 aliphatic carbocycles. The van der Waals surface area contributed by atoms with Crippen molar-refractivity contribution in [3.05, 3.63) is 35.4 Å². The van der Waals surface area contributed by atoms with Crippen molar-refractivity contribution in [2.24, 2.45) is 0 Å². The summed E-state index contributed by atoms with van der Waals surface area (Å²) >= 11 is 0. The molecule has 2 nitrogen and oxygen atoms in total. The van der Waals surface area contributed by atoms with E-state index in [4.69, 9.17) is 0 Å². The molecule has 1 rings (SSSR count). The molecule has 0 saturated carbocycles. The third-order valence-corrected chi connectivity index (χ3v) is 2.85. The van der Waals surface area contributed by atoms with E-state index >= 15 is 0 Å². The number of hydrogen-bond donors (Lipinski definition) is 1. The summed E-state index contributed by atoms with van der Waals surface area (Å²) in [6, 6.07) is 5.68. The number of likely N-dealkylation sites (N-methyl/N-ethyl adjacent to an activating group) is 1. The first kappa shape index (κ1) is 15.0. The lowest BCUT2D eigenvalue weighted by atomic mass is 10.1. The summed E-state index contributed by atoms with van der Waals surface area (Å²) in [7, 11) is 1.98. The van der Waals surface area contributed by atoms with E-state index in [2.05, 4.69) is 10.2 Å². The minimum Gasteiger partial charge on any atom is -0.311 e. The van der Waals surface area contributed by atoms with Crippen LogP contribution in [0.4, 0.5) is 13.2 Å². The van der Waals surface area contributed by atoms with Gasteiger partial charge < -0.3 is 10.2 Å². The second kappa shape index (κ2) is 6.75. The zero-order chi connectivity index (χ0) is 13.6. The number of benzene rings is 1. The number of hydrogen-bond acceptors (Lipinski definition) is 2. The third kappa shape index (κ3) is 4.66. The van der Waals surface area contributed by atoms with Crippen LogP contribution in [-0.2, 0) is 12.7 Å². The average Bonchev–Trinajstić information content (AvgIpc) is 2.33. The molecule has 0 spiro atoms. The van der Waals surface area contributed by atoms with E-state index in [9.17, 15) is 13.2 Å². The summed E-state index contributed by atoms with van der Waals surface area (Å²) in [6.45, 7) is 4.72. The lowest BCUT2D eigenvalue weighted by Crippen LogP contribution is -2.29. The van der Waals surface area contributed by atoms with Gasteiger partial charge >= 0.3 is 6.18 Å². The SMILES string of the molecule is CCN(C)CCNCc1ccccc1C(F)(F)F. The topological polar surface area (TPSA) is 15.3 Å². The predicted molar refractivity (Wildman–Crippen MR) is 66.3 cm³/mol. The summed E-state index contributed by atoms with van der Waals surface area (Å²) in [4.78, 5) is 2.10. The Kier molecular flexibility index (Phi) is 5.62. The number of nitrogens with zero attached hydrogens (tertiary/aromatic N) is 1. The highest BCUT2D eigenvalue weighted by Crippen LogP contribution is 2.31. The van der Waals surface area contributed by atoms with Crippen LogP contribution < -0.4 is 5.32 Å². The van der Waals surface area contributed by atoms with Crippen molar-refractivity contribution >= 4 is 0 Å². The van der Waals surface area contributed by atoms with Gasteiger partial charge in [-0.2, -0.15) is 13.2 Å². The fourth-order valence-corrected chi connectivity index (χ4v) is 1.60. The molecule has 18 heavy (non-hydrogen) atoms. The summed E-state index contributed by atoms with van der Waals surface area (Å²) in [6.07, 6.45) is -4.28. The lowest BCUT2D eigenvalue weighted by Gasteiger charge is -2.16. The van der Waals surface area contributed by atoms with Gasteiger partial charge in [-0.3, -0.25) is 0 Å². The van der Waals surface area contributed by atoms with Crippen molar-refractivity contribution in [2.75, 3.05) is 26.7 Å². The number of halogens is 3. The zero-order valence-corrected chi connectivity index (χ0v) is 10.7. The maximum Gasteiger partial charge on any atom is 0.416 e. The smallest absolute Gasteiger partial charge is 0.311 e. The summed E-state index contributed by atoms with van der Waals surface area (Å²) in [5, 5.41) is 3.04. The highest BCUT2D eigenvalue weighted by Gasteiger charge is 2.32. The van der Waals surface area contributed by atoms with Crippen molar-refractivity contribution in [2.45, 2.75) is 19.6 Å². The number of nitrogens with one attached hydrogen (secondary N) is 1. The first-order valence-corrected chi connectivity index (χ1v) is 5.99. The molecule has 0 atom stereocenters. The Hall–Kier alpha value is -1.07. The molecule has 1 N–H and O–H groups in total. The molecule has 0 radical (unpaired) electrons. The van der Waals surface area contributed by atoms with Gasteiger partial charge in [0.1, 0.15) is 0 Å². The second-order valence-corrected chi connectivity index (χ2v) is 4.23. The fraction of sp³-hybridized carbons (Fsp3) is 0.538. The summed E-state index contributed by atoms with van der Waals surface area (Å²) in [5.41, 5.74) is -0.259. The van der Waals surface area contributed by atoms with E-state index in [1.54, 1.807) is 6.07 Å². The van der Waals surface area contributed by atoms with E-state index in [-0.39, 0.29) is 6.54 Å². The van der Waals surface area contributed by atoms with Crippen molar-refractivity contribution in [3.63, 3.8) is 0 Å². The molecule has 0 heterocycles. The van der Waals surface area contributed by atoms with E-state index in [1.807, 2.05) is 14.0 Å². The van der Waals surface area contributed by atoms with Gasteiger partial charge in [-0.1, -0.05) is 25.1 Å². The van der Waals surface area contributed by atoms with Crippen LogP contribution in [0.3, 0.4) is 0 Å². The van der Waals surface area contributed by atoms with Crippen molar-refractivity contribution in [1.29, 1.82) is 0 Å². The maximum atomic E-state index is 12.7. The number of rotatable bonds is 6. The average molecular weight is 260 g/mol. The first-order chi connectivity index (χ1) is 8.45. The van der Waals surface area contributed by atoms with Gasteiger partial charge in [0.15, 0.2) is 0 Å². The van der Waals surface area contributed by atoms with Crippen LogP contribution >= 0.6 is 0 Å². The first-order valence-electron chi connectivity index (χ1n) is 5.99. The molecule has 0 aliphatic rings. The molecule has 1 aromatic rings. The van der Waals surface area contributed by atoms with Gasteiger partial charge in [-0.05, 0) is 25.2 Å². The number of alkyl halides is 3. The fourth-order valence-electron chi connectivity index (χ4n) is 1.60. The molecule has 0 fully saturated rings. The van der Waals surface area contributed by atoms with Gasteiger partial charge in [-0.25, -0.2) is 0 Å². The maximum absolute atomic E-state index is 12.7. The van der Waals surface area contributed by atoms with E-state index < -0.39 is 11.7 Å². The Bertz CT molecular complexity index is 363. The van der Waals surface area contributed by atoms with Crippen LogP contribution in [0.5, 0.6) is 0 Å². The van der Waals surface area contributed by atoms with Crippen LogP contribution in [0.2, 0.25) is 0 Å². The Labute approximate surface area is 106 Å². The molecule has 0 saturated heterocycles. The molecule has 5 heteroatoms. The second-order valence-electron chi connectivity index (χ2n) is 4.23. The largest absolute Gasteiger partial charge is 0.416 e. The Morgan fingerprint density at radius 3 is 2.50 bits per heavy atom. The quantitative estimate of drug-likeness (QED) is 0.791. The molecule has 1 aromatic carbocycles. The van der Waals surface area contributed by atoms with Gasteiger partial charge in [0, 0.05) is 19.6 Å². The normalized spacial score (nSPS) is 12.1. The molecule has 0 bridgehead atoms. The molecule has 0 aliphatic heterocycles. The van der Waals surface area contributed by atoms with E-state index in [0.717, 1.165) is 19.2 Å². The summed E-state index contributed by atoms with van der Waals surface area (Å²) in [5.74, 6) is 0. The molecule has 102 valence electrons. The molecular weight excluding hydrogens is 241 g/mol. The molecule has 0 unspecified atom stereocenters. The Morgan fingerprint density at radius 2 is 1.89 bits per heavy atom. The van der Waals surface area contributed by atoms with Gasteiger partial charge in [-0.15, -0.1) is 0 Å². The van der Waals surface area contributed by atoms with E-state index in [1.165, 1.54) is 12.1 Å². The van der Waals surface area contributed by atoms with Crippen LogP contribution in [0.15, 0.2) is 24.3 Å². The van der Waals surface area contributed by atoms with Crippen molar-refractivity contribution in [1.82, 2.24) is 10.2 Å². The highest BCUT2D eigenvalue weighted by molar-refractivity contribution is 5.29. The van der Waals surface area contributed by atoms with Gasteiger partial charge in [0.2, 0.25) is 0 Å². The Balaban J connectivity index is 2.52. The van der Waals surface area contributed by atoms with Gasteiger partial charge in [0.25, 0.3) is 0 Å². The molecule has 0 amide bonds. The zero-order valence-electron chi connectivity index (χ0n) is 10.7. The lowest BCUT2D eigenvalue weighted by molar-refractivity contribution is -0.138. The minimum absolute atomic E-state index is 0.243. The third-order valence-electron chi connectivity index (χ3n) is 2.85. The minimum atomic E-state index is -4.28. The Morgan fingerprint density at radius 1 is 1.22 bits per heavy atom. The molecule has 0 aromatic heterocycles. The van der Waals surface area contributed by atoms with Crippen LogP contribution in [0, 0.1) is 0 Å². The monoisotopic (exact) mass is 260 g/mol. The van der Waals surface area contributed by atoms with Crippen LogP contribution in [0.1, 0.15) is 18.1 Å². The predicted octanol–water partition coefficient (Wildman–Crippen LogP) is 2.75. The summed E-state index contributed by atoms with van der Waals surface area (Å²) < 4.78 is 38.1. The van der Waals surface area contributed by atoms with Crippen LogP contribution in [-0.4, -0.2) is 31.6 Å². The van der Waals surface area contributed by atoms with Crippen LogP contribution in [0.25, 0.3) is 0 Å². The van der Waals surface area contributed by atoms with Crippen molar-refractivity contribution in [3.8, 4) is 0 Å². The van der Waals surface area contributed by atoms with E-state index in [0.29, 0.717) is 12.1 Å². The van der Waals surface area contributed by atoms with Crippen molar-refractivity contribution < 1.29 is 13.2 Å². The standard InChI is InChI=1S/C13H19F3N2/c1-3-18(2)9-8-17-10-11-6-4-5-7-12(11)13(14,15)16/h4-7,17H,3,8-10H2,1-2H3. The highest BCUT2D eigenvalue weighted by atomic mass is 19.4. The molecular formula is C13H19F3N2. The van der Waals surface area contributed by atoms with Gasteiger partial charge in [0.05, 0.1) is 5.56 Å².